The van der Waals surface area contributed by atoms with Crippen molar-refractivity contribution in [3.05, 3.63) is 29.3 Å². The van der Waals surface area contributed by atoms with E-state index in [4.69, 9.17) is 9.47 Å². The number of aryl methyl sites for hydroxylation is 1. The zero-order valence-corrected chi connectivity index (χ0v) is 12.1. The first-order valence-corrected chi connectivity index (χ1v) is 7.33. The van der Waals surface area contributed by atoms with E-state index in [0.717, 1.165) is 31.9 Å². The van der Waals surface area contributed by atoms with Gasteiger partial charge in [-0.05, 0) is 49.1 Å². The highest BCUT2D eigenvalue weighted by atomic mass is 16.5. The minimum absolute atomic E-state index is 0.497. The summed E-state index contributed by atoms with van der Waals surface area (Å²) in [7, 11) is 1.72. The highest BCUT2D eigenvalue weighted by Crippen LogP contribution is 2.32. The highest BCUT2D eigenvalue weighted by molar-refractivity contribution is 5.39. The molecule has 1 unspecified atom stereocenters. The summed E-state index contributed by atoms with van der Waals surface area (Å²) in [5.74, 6) is 0.986. The molecule has 1 aliphatic carbocycles. The second-order valence-electron chi connectivity index (χ2n) is 5.06. The van der Waals surface area contributed by atoms with Crippen LogP contribution in [0.1, 0.15) is 43.4 Å². The SMILES string of the molecule is CCNC1CCCc2ccc(OCCCOC)cc21. The van der Waals surface area contributed by atoms with Crippen molar-refractivity contribution in [2.24, 2.45) is 0 Å². The Labute approximate surface area is 116 Å². The maximum atomic E-state index is 5.79. The molecule has 0 aliphatic heterocycles. The molecule has 0 amide bonds. The molecule has 0 heterocycles. The van der Waals surface area contributed by atoms with Crippen LogP contribution in [0.2, 0.25) is 0 Å². The molecule has 0 radical (unpaired) electrons. The van der Waals surface area contributed by atoms with Gasteiger partial charge < -0.3 is 14.8 Å². The Kier molecular flexibility index (Phi) is 5.67. The lowest BCUT2D eigenvalue weighted by Gasteiger charge is -2.26. The number of hydrogen-bond donors (Lipinski definition) is 1. The van der Waals surface area contributed by atoms with Crippen LogP contribution in [0, 0.1) is 0 Å². The third kappa shape index (κ3) is 3.95. The van der Waals surface area contributed by atoms with Crippen LogP contribution < -0.4 is 10.1 Å². The van der Waals surface area contributed by atoms with E-state index in [1.165, 1.54) is 30.4 Å². The third-order valence-electron chi connectivity index (χ3n) is 3.64. The molecule has 3 nitrogen and oxygen atoms in total. The zero-order valence-electron chi connectivity index (χ0n) is 12.1. The van der Waals surface area contributed by atoms with Crippen LogP contribution in [0.15, 0.2) is 18.2 Å². The van der Waals surface area contributed by atoms with Crippen LogP contribution in [0.5, 0.6) is 5.75 Å². The van der Waals surface area contributed by atoms with E-state index < -0.39 is 0 Å². The number of methoxy groups -OCH3 is 1. The molecule has 19 heavy (non-hydrogen) atoms. The van der Waals surface area contributed by atoms with Crippen LogP contribution in [-0.4, -0.2) is 26.9 Å². The van der Waals surface area contributed by atoms with Crippen molar-refractivity contribution in [3.63, 3.8) is 0 Å². The average Bonchev–Trinajstić information content (AvgIpc) is 2.44. The highest BCUT2D eigenvalue weighted by Gasteiger charge is 2.19. The van der Waals surface area contributed by atoms with E-state index in [2.05, 4.69) is 30.4 Å². The summed E-state index contributed by atoms with van der Waals surface area (Å²) in [5, 5.41) is 3.57. The van der Waals surface area contributed by atoms with Crippen molar-refractivity contribution < 1.29 is 9.47 Å². The second kappa shape index (κ2) is 7.51. The molecular weight excluding hydrogens is 238 g/mol. The first kappa shape index (κ1) is 14.4. The number of rotatable bonds is 7. The average molecular weight is 263 g/mol. The van der Waals surface area contributed by atoms with Crippen LogP contribution in [0.3, 0.4) is 0 Å². The Morgan fingerprint density at radius 3 is 3.00 bits per heavy atom. The van der Waals surface area contributed by atoms with Gasteiger partial charge >= 0.3 is 0 Å². The molecule has 0 aromatic heterocycles. The van der Waals surface area contributed by atoms with Crippen LogP contribution >= 0.6 is 0 Å². The summed E-state index contributed by atoms with van der Waals surface area (Å²) in [6.45, 7) is 4.66. The molecule has 1 aliphatic rings. The summed E-state index contributed by atoms with van der Waals surface area (Å²) >= 11 is 0. The van der Waals surface area contributed by atoms with Crippen molar-refractivity contribution in [1.82, 2.24) is 5.32 Å². The molecule has 1 atom stereocenters. The molecule has 0 fully saturated rings. The third-order valence-corrected chi connectivity index (χ3v) is 3.64. The van der Waals surface area contributed by atoms with Gasteiger partial charge in [0.2, 0.25) is 0 Å². The van der Waals surface area contributed by atoms with Crippen molar-refractivity contribution in [2.75, 3.05) is 26.9 Å². The van der Waals surface area contributed by atoms with Gasteiger partial charge in [0.15, 0.2) is 0 Å². The molecule has 1 N–H and O–H groups in total. The molecule has 0 saturated carbocycles. The Balaban J connectivity index is 2.01. The van der Waals surface area contributed by atoms with E-state index in [1.54, 1.807) is 7.11 Å². The molecule has 0 bridgehead atoms. The van der Waals surface area contributed by atoms with E-state index in [1.807, 2.05) is 0 Å². The Morgan fingerprint density at radius 2 is 2.21 bits per heavy atom. The number of fused-ring (bicyclic) bond motifs is 1. The lowest BCUT2D eigenvalue weighted by Crippen LogP contribution is -2.24. The molecule has 1 aromatic carbocycles. The summed E-state index contributed by atoms with van der Waals surface area (Å²) in [5.41, 5.74) is 2.90. The second-order valence-corrected chi connectivity index (χ2v) is 5.06. The van der Waals surface area contributed by atoms with Gasteiger partial charge in [0.05, 0.1) is 6.61 Å². The molecule has 106 valence electrons. The zero-order chi connectivity index (χ0) is 13.5. The van der Waals surface area contributed by atoms with Gasteiger partial charge in [0.1, 0.15) is 5.75 Å². The normalized spacial score (nSPS) is 18.1. The van der Waals surface area contributed by atoms with Gasteiger partial charge in [0.25, 0.3) is 0 Å². The van der Waals surface area contributed by atoms with Gasteiger partial charge in [0, 0.05) is 26.2 Å². The van der Waals surface area contributed by atoms with E-state index in [9.17, 15) is 0 Å². The van der Waals surface area contributed by atoms with Gasteiger partial charge in [-0.3, -0.25) is 0 Å². The number of ether oxygens (including phenoxy) is 2. The Morgan fingerprint density at radius 1 is 1.32 bits per heavy atom. The quantitative estimate of drug-likeness (QED) is 0.767. The fourth-order valence-corrected chi connectivity index (χ4v) is 2.72. The number of benzene rings is 1. The molecule has 2 rings (SSSR count). The van der Waals surface area contributed by atoms with Crippen molar-refractivity contribution >= 4 is 0 Å². The molecule has 1 aromatic rings. The first-order valence-electron chi connectivity index (χ1n) is 7.33. The van der Waals surface area contributed by atoms with E-state index >= 15 is 0 Å². The van der Waals surface area contributed by atoms with Crippen molar-refractivity contribution in [2.45, 2.75) is 38.6 Å². The summed E-state index contributed by atoms with van der Waals surface area (Å²) in [4.78, 5) is 0. The van der Waals surface area contributed by atoms with Crippen LogP contribution in [-0.2, 0) is 11.2 Å². The molecule has 3 heteroatoms. The van der Waals surface area contributed by atoms with Crippen LogP contribution in [0.4, 0.5) is 0 Å². The predicted octanol–water partition coefficient (Wildman–Crippen LogP) is 3.09. The Hall–Kier alpha value is -1.06. The largest absolute Gasteiger partial charge is 0.493 e. The topological polar surface area (TPSA) is 30.5 Å². The minimum atomic E-state index is 0.497. The predicted molar refractivity (Wildman–Crippen MR) is 77.8 cm³/mol. The lowest BCUT2D eigenvalue weighted by molar-refractivity contribution is 0.172. The van der Waals surface area contributed by atoms with Gasteiger partial charge in [-0.25, -0.2) is 0 Å². The fourth-order valence-electron chi connectivity index (χ4n) is 2.72. The fraction of sp³-hybridized carbons (Fsp3) is 0.625. The maximum Gasteiger partial charge on any atom is 0.119 e. The maximum absolute atomic E-state index is 5.79. The minimum Gasteiger partial charge on any atom is -0.493 e. The van der Waals surface area contributed by atoms with Crippen LogP contribution in [0.25, 0.3) is 0 Å². The Bertz CT molecular complexity index is 392. The van der Waals surface area contributed by atoms with E-state index in [-0.39, 0.29) is 0 Å². The standard InChI is InChI=1S/C16H25NO2/c1-3-17-16-7-4-6-13-8-9-14(12-15(13)16)19-11-5-10-18-2/h8-9,12,16-17H,3-7,10-11H2,1-2H3. The number of nitrogens with one attached hydrogen (secondary N) is 1. The summed E-state index contributed by atoms with van der Waals surface area (Å²) in [6.07, 6.45) is 4.64. The summed E-state index contributed by atoms with van der Waals surface area (Å²) in [6, 6.07) is 7.04. The molecular formula is C16H25NO2. The summed E-state index contributed by atoms with van der Waals surface area (Å²) < 4.78 is 10.8. The smallest absolute Gasteiger partial charge is 0.119 e. The van der Waals surface area contributed by atoms with Gasteiger partial charge in [-0.1, -0.05) is 13.0 Å². The van der Waals surface area contributed by atoms with Gasteiger partial charge in [-0.2, -0.15) is 0 Å². The van der Waals surface area contributed by atoms with Crippen molar-refractivity contribution in [3.8, 4) is 5.75 Å². The van der Waals surface area contributed by atoms with E-state index in [0.29, 0.717) is 6.04 Å². The molecule has 0 spiro atoms. The van der Waals surface area contributed by atoms with Gasteiger partial charge in [-0.15, -0.1) is 0 Å². The monoisotopic (exact) mass is 263 g/mol. The molecule has 0 saturated heterocycles. The lowest BCUT2D eigenvalue weighted by atomic mass is 9.87. The number of hydrogen-bond acceptors (Lipinski definition) is 3. The van der Waals surface area contributed by atoms with Crippen molar-refractivity contribution in [1.29, 1.82) is 0 Å². The first-order chi connectivity index (χ1) is 9.35.